The van der Waals surface area contributed by atoms with E-state index in [1.165, 1.54) is 18.4 Å². The maximum atomic E-state index is 12.3. The number of anilines is 3. The van der Waals surface area contributed by atoms with Crippen LogP contribution < -0.4 is 20.5 Å². The van der Waals surface area contributed by atoms with Crippen LogP contribution in [-0.4, -0.2) is 63.5 Å². The first-order chi connectivity index (χ1) is 17.7. The Morgan fingerprint density at radius 3 is 2.45 bits per heavy atom. The highest BCUT2D eigenvalue weighted by molar-refractivity contribution is 7.18. The second-order valence-electron chi connectivity index (χ2n) is 11.6. The molecule has 1 aromatic carbocycles. The highest BCUT2D eigenvalue weighted by Gasteiger charge is 2.28. The maximum absolute atomic E-state index is 12.3. The molecule has 0 bridgehead atoms. The fourth-order valence-electron chi connectivity index (χ4n) is 3.77. The van der Waals surface area contributed by atoms with Crippen LogP contribution >= 0.6 is 11.3 Å². The molecule has 1 saturated heterocycles. The number of nitrogen functional groups attached to an aromatic ring is 1. The third kappa shape index (κ3) is 8.83. The summed E-state index contributed by atoms with van der Waals surface area (Å²) < 4.78 is 22.6. The van der Waals surface area contributed by atoms with Crippen molar-refractivity contribution in [2.45, 2.75) is 71.0 Å². The molecule has 0 radical (unpaired) electrons. The number of benzene rings is 1. The molecule has 9 nitrogen and oxygen atoms in total. The van der Waals surface area contributed by atoms with Crippen LogP contribution in [0.3, 0.4) is 0 Å². The molecular weight excluding hydrogens is 522 g/mol. The molecule has 11 heteroatoms. The van der Waals surface area contributed by atoms with Gasteiger partial charge in [0, 0.05) is 46.1 Å². The number of nitrogens with two attached hydrogens (primary N) is 1. The van der Waals surface area contributed by atoms with Gasteiger partial charge in [-0.25, -0.2) is 9.59 Å². The van der Waals surface area contributed by atoms with Gasteiger partial charge in [-0.2, -0.15) is 0 Å². The number of nitrogens with zero attached hydrogens (tertiary/aromatic N) is 1. The topological polar surface area (TPSA) is 112 Å². The highest BCUT2D eigenvalue weighted by atomic mass is 32.1. The Bertz CT molecular complexity index is 1120. The molecule has 38 heavy (non-hydrogen) atoms. The van der Waals surface area contributed by atoms with Crippen molar-refractivity contribution in [1.29, 1.82) is 0 Å². The van der Waals surface area contributed by atoms with Gasteiger partial charge in [-0.1, -0.05) is 19.6 Å². The predicted octanol–water partition coefficient (Wildman–Crippen LogP) is 6.36. The fourth-order valence-corrected chi connectivity index (χ4v) is 5.42. The van der Waals surface area contributed by atoms with Crippen LogP contribution in [-0.2, 0) is 9.47 Å². The lowest BCUT2D eigenvalue weighted by atomic mass is 10.1. The van der Waals surface area contributed by atoms with Crippen LogP contribution in [0.4, 0.5) is 21.2 Å². The molecule has 0 aliphatic carbocycles. The lowest BCUT2D eigenvalue weighted by Crippen LogP contribution is -2.44. The van der Waals surface area contributed by atoms with E-state index in [9.17, 15) is 9.59 Å². The van der Waals surface area contributed by atoms with E-state index in [1.54, 1.807) is 17.0 Å². The monoisotopic (exact) mass is 563 g/mol. The predicted molar refractivity (Wildman–Crippen MR) is 155 cm³/mol. The second kappa shape index (κ2) is 12.3. The Kier molecular flexibility index (Phi) is 9.58. The van der Waals surface area contributed by atoms with E-state index >= 15 is 0 Å². The van der Waals surface area contributed by atoms with Crippen molar-refractivity contribution >= 4 is 47.8 Å². The standard InChI is InChI=1S/C27H41N3O6SSi/c1-27(2,3)36-26(32)30-12-10-18(11-13-30)35-19-8-9-20(28)21(16-19)29-23-17-22(24(37-23)25(31)33-4)34-14-15-38(5,6)7/h8-9,16-18,29H,10-15,28H2,1-7H3. The Morgan fingerprint density at radius 1 is 1.16 bits per heavy atom. The van der Waals surface area contributed by atoms with Gasteiger partial charge < -0.3 is 34.9 Å². The van der Waals surface area contributed by atoms with Crippen molar-refractivity contribution in [3.63, 3.8) is 0 Å². The quantitative estimate of drug-likeness (QED) is 0.206. The van der Waals surface area contributed by atoms with Crippen LogP contribution in [0.1, 0.15) is 43.3 Å². The van der Waals surface area contributed by atoms with Gasteiger partial charge in [0.05, 0.1) is 30.1 Å². The lowest BCUT2D eigenvalue weighted by Gasteiger charge is -2.33. The molecule has 2 heterocycles. The van der Waals surface area contributed by atoms with Crippen LogP contribution in [0, 0.1) is 0 Å². The zero-order valence-corrected chi connectivity index (χ0v) is 25.3. The summed E-state index contributed by atoms with van der Waals surface area (Å²) >= 11 is 1.26. The van der Waals surface area contributed by atoms with Gasteiger partial charge in [-0.15, -0.1) is 11.3 Å². The Labute approximate surface area is 230 Å². The number of likely N-dealkylation sites (tertiary alicyclic amines) is 1. The molecular formula is C27H41N3O6SSi. The van der Waals surface area contributed by atoms with Crippen LogP contribution in [0.5, 0.6) is 11.5 Å². The number of nitrogens with one attached hydrogen (secondary N) is 1. The van der Waals surface area contributed by atoms with Gasteiger partial charge in [-0.05, 0) is 38.9 Å². The molecule has 0 unspecified atom stereocenters. The molecule has 1 aliphatic rings. The molecule has 0 atom stereocenters. The number of thiophene rings is 1. The SMILES string of the molecule is COC(=O)c1sc(Nc2cc(OC3CCN(C(=O)OC(C)(C)C)CC3)ccc2N)cc1OCC[Si](C)(C)C. The third-order valence-electron chi connectivity index (χ3n) is 5.86. The fraction of sp³-hybridized carbons (Fsp3) is 0.556. The van der Waals surface area contributed by atoms with Crippen LogP contribution in [0.15, 0.2) is 24.3 Å². The lowest BCUT2D eigenvalue weighted by molar-refractivity contribution is 0.0126. The number of amides is 1. The number of esters is 1. The first-order valence-corrected chi connectivity index (χ1v) is 17.4. The van der Waals surface area contributed by atoms with E-state index < -0.39 is 19.6 Å². The molecule has 1 aromatic heterocycles. The summed E-state index contributed by atoms with van der Waals surface area (Å²) in [4.78, 5) is 26.8. The van der Waals surface area contributed by atoms with E-state index in [1.807, 2.05) is 32.9 Å². The molecule has 1 fully saturated rings. The summed E-state index contributed by atoms with van der Waals surface area (Å²) in [7, 11) is 0.0796. The Hall–Kier alpha value is -2.92. The summed E-state index contributed by atoms with van der Waals surface area (Å²) in [5.41, 5.74) is 6.94. The Morgan fingerprint density at radius 2 is 1.84 bits per heavy atom. The summed E-state index contributed by atoms with van der Waals surface area (Å²) in [5, 5.41) is 4.02. The van der Waals surface area contributed by atoms with Gasteiger partial charge in [0.1, 0.15) is 23.2 Å². The minimum atomic E-state index is -1.28. The molecule has 0 spiro atoms. The molecule has 0 saturated carbocycles. The highest BCUT2D eigenvalue weighted by Crippen LogP contribution is 2.38. The van der Waals surface area contributed by atoms with E-state index in [2.05, 4.69) is 25.0 Å². The van der Waals surface area contributed by atoms with Gasteiger partial charge in [0.25, 0.3) is 0 Å². The normalized spacial score (nSPS) is 14.7. The van der Waals surface area contributed by atoms with Crippen LogP contribution in [0.25, 0.3) is 0 Å². The Balaban J connectivity index is 1.65. The minimum Gasteiger partial charge on any atom is -0.492 e. The van der Waals surface area contributed by atoms with E-state index in [4.69, 9.17) is 24.7 Å². The molecule has 3 N–H and O–H groups in total. The van der Waals surface area contributed by atoms with Gasteiger partial charge >= 0.3 is 12.1 Å². The number of ether oxygens (including phenoxy) is 4. The summed E-state index contributed by atoms with van der Waals surface area (Å²) in [5.74, 6) is 0.743. The van der Waals surface area contributed by atoms with E-state index in [-0.39, 0.29) is 12.2 Å². The maximum Gasteiger partial charge on any atom is 0.410 e. The summed E-state index contributed by atoms with van der Waals surface area (Å²) in [6.45, 7) is 14.1. The van der Waals surface area contributed by atoms with Crippen molar-refractivity contribution in [3.8, 4) is 11.5 Å². The van der Waals surface area contributed by atoms with Gasteiger partial charge in [0.2, 0.25) is 0 Å². The number of methoxy groups -OCH3 is 1. The van der Waals surface area contributed by atoms with Crippen molar-refractivity contribution in [2.75, 3.05) is 37.9 Å². The largest absolute Gasteiger partial charge is 0.492 e. The first-order valence-electron chi connectivity index (χ1n) is 12.9. The zero-order valence-electron chi connectivity index (χ0n) is 23.5. The van der Waals surface area contributed by atoms with Crippen molar-refractivity contribution in [3.05, 3.63) is 29.1 Å². The minimum absolute atomic E-state index is 0.0239. The molecule has 1 aliphatic heterocycles. The summed E-state index contributed by atoms with van der Waals surface area (Å²) in [6, 6.07) is 8.25. The first kappa shape index (κ1) is 29.6. The number of carbonyl (C=O) groups excluding carboxylic acids is 2. The van der Waals surface area contributed by atoms with Crippen molar-refractivity contribution in [1.82, 2.24) is 4.90 Å². The smallest absolute Gasteiger partial charge is 0.410 e. The molecule has 3 rings (SSSR count). The number of rotatable bonds is 9. The molecule has 2 aromatic rings. The molecule has 210 valence electrons. The van der Waals surface area contributed by atoms with Crippen LogP contribution in [0.2, 0.25) is 25.7 Å². The van der Waals surface area contributed by atoms with Gasteiger partial charge in [-0.3, -0.25) is 0 Å². The number of hydrogen-bond donors (Lipinski definition) is 2. The number of piperidine rings is 1. The zero-order chi connectivity index (χ0) is 28.1. The van der Waals surface area contributed by atoms with E-state index in [0.29, 0.717) is 65.3 Å². The summed E-state index contributed by atoms with van der Waals surface area (Å²) in [6.07, 6.45) is 1.10. The van der Waals surface area contributed by atoms with E-state index in [0.717, 1.165) is 6.04 Å². The average Bonchev–Trinajstić information content (AvgIpc) is 3.21. The van der Waals surface area contributed by atoms with Crippen molar-refractivity contribution in [2.24, 2.45) is 0 Å². The number of carbonyl (C=O) groups is 2. The van der Waals surface area contributed by atoms with Gasteiger partial charge in [0.15, 0.2) is 4.88 Å². The average molecular weight is 564 g/mol. The third-order valence-corrected chi connectivity index (χ3v) is 8.57. The number of hydrogen-bond acceptors (Lipinski definition) is 9. The van der Waals surface area contributed by atoms with Crippen molar-refractivity contribution < 1.29 is 28.5 Å². The molecule has 1 amide bonds. The second-order valence-corrected chi connectivity index (χ2v) is 18.3.